The molecule has 2 aliphatic heterocycles. The Morgan fingerprint density at radius 2 is 1.81 bits per heavy atom. The molecule has 3 heterocycles. The lowest BCUT2D eigenvalue weighted by Gasteiger charge is -2.31. The van der Waals surface area contributed by atoms with E-state index in [2.05, 4.69) is 37.8 Å². The van der Waals surface area contributed by atoms with Crippen molar-refractivity contribution in [3.05, 3.63) is 55.5 Å². The zero-order chi connectivity index (χ0) is 27.1. The second kappa shape index (κ2) is 10.5. The molecule has 0 bridgehead atoms. The number of carbonyl (C=O) groups excluding carboxylic acids is 1. The van der Waals surface area contributed by atoms with Crippen molar-refractivity contribution in [1.29, 1.82) is 0 Å². The number of pyridine rings is 1. The third-order valence-corrected chi connectivity index (χ3v) is 8.20. The molecule has 37 heavy (non-hydrogen) atoms. The van der Waals surface area contributed by atoms with Gasteiger partial charge in [0.1, 0.15) is 0 Å². The van der Waals surface area contributed by atoms with Crippen molar-refractivity contribution in [2.45, 2.75) is 98.4 Å². The molecule has 2 aliphatic rings. The number of aromatic amines is 1. The van der Waals surface area contributed by atoms with Gasteiger partial charge in [-0.15, -0.1) is 0 Å². The van der Waals surface area contributed by atoms with Crippen molar-refractivity contribution in [3.8, 4) is 11.5 Å². The van der Waals surface area contributed by atoms with Gasteiger partial charge in [-0.1, -0.05) is 13.8 Å². The molecule has 1 N–H and O–H groups in total. The molecule has 0 fully saturated rings. The topological polar surface area (TPSA) is 74.9 Å². The van der Waals surface area contributed by atoms with Gasteiger partial charge in [-0.25, -0.2) is 0 Å². The fraction of sp³-hybridized carbons (Fsp3) is 0.600. The predicted molar refractivity (Wildman–Crippen MR) is 147 cm³/mol. The number of rotatable bonds is 9. The zero-order valence-corrected chi connectivity index (χ0v) is 23.8. The van der Waals surface area contributed by atoms with Crippen LogP contribution in [0, 0.1) is 20.8 Å². The van der Waals surface area contributed by atoms with Gasteiger partial charge in [0.25, 0.3) is 11.5 Å². The molecule has 202 valence electrons. The molecule has 2 atom stereocenters. The molecule has 0 saturated carbocycles. The Labute approximate surface area is 221 Å². The van der Waals surface area contributed by atoms with Crippen LogP contribution < -0.4 is 15.0 Å². The quantitative estimate of drug-likeness (QED) is 0.512. The molecule has 4 rings (SSSR count). The molecule has 0 saturated heterocycles. The maximum Gasteiger partial charge on any atom is 0.254 e. The summed E-state index contributed by atoms with van der Waals surface area (Å²) >= 11 is 0. The molecular formula is C30H43N3O4. The van der Waals surface area contributed by atoms with Crippen molar-refractivity contribution < 1.29 is 14.3 Å². The lowest BCUT2D eigenvalue weighted by molar-refractivity contribution is -0.0709. The van der Waals surface area contributed by atoms with Crippen molar-refractivity contribution >= 4 is 5.91 Å². The number of nitrogens with one attached hydrogen (secondary N) is 1. The van der Waals surface area contributed by atoms with Gasteiger partial charge in [0, 0.05) is 53.9 Å². The Bertz CT molecular complexity index is 1250. The summed E-state index contributed by atoms with van der Waals surface area (Å²) in [6, 6.07) is 2.50. The third kappa shape index (κ3) is 5.15. The van der Waals surface area contributed by atoms with Gasteiger partial charge in [0.2, 0.25) is 5.79 Å². The first-order valence-corrected chi connectivity index (χ1v) is 13.7. The largest absolute Gasteiger partial charge is 0.448 e. The van der Waals surface area contributed by atoms with Crippen LogP contribution in [-0.2, 0) is 19.4 Å². The van der Waals surface area contributed by atoms with E-state index < -0.39 is 5.79 Å². The number of aromatic nitrogens is 1. The second-order valence-electron chi connectivity index (χ2n) is 11.1. The molecule has 1 aromatic carbocycles. The lowest BCUT2D eigenvalue weighted by atomic mass is 9.87. The number of H-pyrrole nitrogens is 1. The molecule has 7 heteroatoms. The molecule has 1 amide bonds. The summed E-state index contributed by atoms with van der Waals surface area (Å²) in [6.45, 7) is 13.0. The van der Waals surface area contributed by atoms with Crippen LogP contribution in [0.15, 0.2) is 10.9 Å². The number of nitrogens with zero attached hydrogens (tertiary/aromatic N) is 2. The Hall–Kier alpha value is -2.80. The highest BCUT2D eigenvalue weighted by molar-refractivity contribution is 6.00. The number of carbonyl (C=O) groups is 1. The van der Waals surface area contributed by atoms with Crippen LogP contribution in [0.4, 0.5) is 0 Å². The van der Waals surface area contributed by atoms with Crippen LogP contribution in [0.3, 0.4) is 0 Å². The van der Waals surface area contributed by atoms with E-state index >= 15 is 0 Å². The SMILES string of the molecule is CCc1c2c(c(C)c3c1OC(C)(CCCC(CC)N(C)C)O3)C(=O)N(Cc1c(C)cc(C)[nH]c1=O)CC2. The van der Waals surface area contributed by atoms with Gasteiger partial charge in [0.05, 0.1) is 6.54 Å². The standard InChI is InChI=1S/C30H43N3O4/c1-9-21(32(7)8)12-11-14-30(6)36-26-20(5)25-23(22(10-2)27(26)37-30)13-15-33(29(25)35)17-24-18(3)16-19(4)31-28(24)34/h16,21H,9-15,17H2,1-8H3,(H,31,34). The minimum Gasteiger partial charge on any atom is -0.448 e. The lowest BCUT2D eigenvalue weighted by Crippen LogP contribution is -2.39. The van der Waals surface area contributed by atoms with E-state index in [4.69, 9.17) is 9.47 Å². The summed E-state index contributed by atoms with van der Waals surface area (Å²) in [5.41, 5.74) is 5.97. The van der Waals surface area contributed by atoms with Crippen LogP contribution in [0.1, 0.15) is 90.3 Å². The van der Waals surface area contributed by atoms with Gasteiger partial charge in [-0.05, 0) is 84.2 Å². The summed E-state index contributed by atoms with van der Waals surface area (Å²) in [5, 5.41) is 0. The van der Waals surface area contributed by atoms with Crippen LogP contribution in [-0.4, -0.2) is 53.2 Å². The van der Waals surface area contributed by atoms with Crippen LogP contribution >= 0.6 is 0 Å². The molecule has 2 unspecified atom stereocenters. The van der Waals surface area contributed by atoms with E-state index in [1.165, 1.54) is 0 Å². The number of ether oxygens (including phenoxy) is 2. The first kappa shape index (κ1) is 27.2. The van der Waals surface area contributed by atoms with Gasteiger partial charge in [0.15, 0.2) is 11.5 Å². The van der Waals surface area contributed by atoms with Crippen LogP contribution in [0.25, 0.3) is 0 Å². The highest BCUT2D eigenvalue weighted by Gasteiger charge is 2.42. The van der Waals surface area contributed by atoms with Crippen molar-refractivity contribution in [3.63, 3.8) is 0 Å². The average Bonchev–Trinajstić information content (AvgIpc) is 3.18. The monoisotopic (exact) mass is 509 g/mol. The number of aryl methyl sites for hydroxylation is 2. The van der Waals surface area contributed by atoms with E-state index in [9.17, 15) is 9.59 Å². The fourth-order valence-electron chi connectivity index (χ4n) is 6.07. The summed E-state index contributed by atoms with van der Waals surface area (Å²) in [4.78, 5) is 33.4. The number of hydrogen-bond acceptors (Lipinski definition) is 5. The van der Waals surface area contributed by atoms with E-state index in [1.54, 1.807) is 4.90 Å². The van der Waals surface area contributed by atoms with Crippen molar-refractivity contribution in [2.24, 2.45) is 0 Å². The molecule has 0 aliphatic carbocycles. The number of amides is 1. The molecular weight excluding hydrogens is 466 g/mol. The smallest absolute Gasteiger partial charge is 0.254 e. The molecule has 2 aromatic rings. The molecule has 0 spiro atoms. The molecule has 7 nitrogen and oxygen atoms in total. The fourth-order valence-corrected chi connectivity index (χ4v) is 6.07. The van der Waals surface area contributed by atoms with Crippen molar-refractivity contribution in [1.82, 2.24) is 14.8 Å². The molecule has 0 radical (unpaired) electrons. The predicted octanol–water partition coefficient (Wildman–Crippen LogP) is 5.06. The molecule has 1 aromatic heterocycles. The Morgan fingerprint density at radius 3 is 2.43 bits per heavy atom. The highest BCUT2D eigenvalue weighted by Crippen LogP contribution is 2.50. The van der Waals surface area contributed by atoms with Gasteiger partial charge in [-0.3, -0.25) is 9.59 Å². The van der Waals surface area contributed by atoms with Crippen molar-refractivity contribution in [2.75, 3.05) is 20.6 Å². The van der Waals surface area contributed by atoms with E-state index in [-0.39, 0.29) is 11.5 Å². The third-order valence-electron chi connectivity index (χ3n) is 8.20. The summed E-state index contributed by atoms with van der Waals surface area (Å²) in [7, 11) is 4.26. The maximum atomic E-state index is 13.8. The number of fused-ring (bicyclic) bond motifs is 2. The van der Waals surface area contributed by atoms with Gasteiger partial charge >= 0.3 is 0 Å². The van der Waals surface area contributed by atoms with Crippen LogP contribution in [0.2, 0.25) is 0 Å². The van der Waals surface area contributed by atoms with Crippen LogP contribution in [0.5, 0.6) is 11.5 Å². The summed E-state index contributed by atoms with van der Waals surface area (Å²) < 4.78 is 13.0. The highest BCUT2D eigenvalue weighted by atomic mass is 16.7. The maximum absolute atomic E-state index is 13.8. The summed E-state index contributed by atoms with van der Waals surface area (Å²) in [5.74, 6) is 0.746. The van der Waals surface area contributed by atoms with E-state index in [0.717, 1.165) is 77.8 Å². The second-order valence-corrected chi connectivity index (χ2v) is 11.1. The van der Waals surface area contributed by atoms with Gasteiger partial charge in [-0.2, -0.15) is 0 Å². The Kier molecular flexibility index (Phi) is 7.75. The Morgan fingerprint density at radius 1 is 1.11 bits per heavy atom. The van der Waals surface area contributed by atoms with E-state index in [0.29, 0.717) is 30.4 Å². The zero-order valence-electron chi connectivity index (χ0n) is 23.8. The Balaban J connectivity index is 1.60. The first-order chi connectivity index (χ1) is 17.5. The minimum absolute atomic E-state index is 0.0374. The minimum atomic E-state index is -0.736. The number of hydrogen-bond donors (Lipinski definition) is 1. The van der Waals surface area contributed by atoms with E-state index in [1.807, 2.05) is 33.8 Å². The summed E-state index contributed by atoms with van der Waals surface area (Å²) in [6.07, 6.45) is 5.50. The normalized spacial score (nSPS) is 19.5. The van der Waals surface area contributed by atoms with Gasteiger partial charge < -0.3 is 24.3 Å². The number of benzene rings is 1. The first-order valence-electron chi connectivity index (χ1n) is 13.7. The average molecular weight is 510 g/mol.